The van der Waals surface area contributed by atoms with Gasteiger partial charge in [0.2, 0.25) is 10.0 Å². The van der Waals surface area contributed by atoms with Gasteiger partial charge in [0.05, 0.1) is 4.90 Å². The molecule has 0 radical (unpaired) electrons. The van der Waals surface area contributed by atoms with Crippen LogP contribution in [0.2, 0.25) is 10.0 Å². The summed E-state index contributed by atoms with van der Waals surface area (Å²) >= 11 is 12.0. The molecule has 3 aromatic rings. The Hall–Kier alpha value is -1.66. The SMILES string of the molecule is O=S(=O)(NCc1cc(Cl)ccc1Cl)c1cccc2cnccc12. The number of nitrogens with one attached hydrogen (secondary N) is 1. The molecule has 0 saturated heterocycles. The largest absolute Gasteiger partial charge is 0.264 e. The third-order valence-electron chi connectivity index (χ3n) is 3.39. The van der Waals surface area contributed by atoms with Crippen molar-refractivity contribution in [2.45, 2.75) is 11.4 Å². The summed E-state index contributed by atoms with van der Waals surface area (Å²) in [5.74, 6) is 0. The van der Waals surface area contributed by atoms with Crippen LogP contribution in [0.4, 0.5) is 0 Å². The van der Waals surface area contributed by atoms with Crippen LogP contribution in [-0.4, -0.2) is 13.4 Å². The van der Waals surface area contributed by atoms with Crippen molar-refractivity contribution in [3.8, 4) is 0 Å². The van der Waals surface area contributed by atoms with Gasteiger partial charge < -0.3 is 0 Å². The third kappa shape index (κ3) is 3.48. The summed E-state index contributed by atoms with van der Waals surface area (Å²) in [4.78, 5) is 4.21. The molecule has 0 amide bonds. The first kappa shape index (κ1) is 16.2. The molecule has 0 unspecified atom stereocenters. The number of pyridine rings is 1. The predicted molar refractivity (Wildman–Crippen MR) is 92.2 cm³/mol. The third-order valence-corrected chi connectivity index (χ3v) is 5.45. The van der Waals surface area contributed by atoms with E-state index in [4.69, 9.17) is 23.2 Å². The van der Waals surface area contributed by atoms with Crippen molar-refractivity contribution in [3.63, 3.8) is 0 Å². The van der Waals surface area contributed by atoms with E-state index in [1.165, 1.54) is 0 Å². The lowest BCUT2D eigenvalue weighted by molar-refractivity contribution is 0.582. The van der Waals surface area contributed by atoms with Crippen LogP contribution in [-0.2, 0) is 16.6 Å². The minimum absolute atomic E-state index is 0.0587. The van der Waals surface area contributed by atoms with Crippen molar-refractivity contribution in [1.82, 2.24) is 9.71 Å². The van der Waals surface area contributed by atoms with E-state index in [-0.39, 0.29) is 11.4 Å². The van der Waals surface area contributed by atoms with Gasteiger partial charge in [-0.3, -0.25) is 4.98 Å². The van der Waals surface area contributed by atoms with Gasteiger partial charge in [0.1, 0.15) is 0 Å². The summed E-state index contributed by atoms with van der Waals surface area (Å²) in [7, 11) is -3.69. The smallest absolute Gasteiger partial charge is 0.241 e. The van der Waals surface area contributed by atoms with E-state index in [1.54, 1.807) is 48.8 Å². The molecule has 0 atom stereocenters. The van der Waals surface area contributed by atoms with Crippen LogP contribution >= 0.6 is 23.2 Å². The number of halogens is 2. The maximum absolute atomic E-state index is 12.6. The van der Waals surface area contributed by atoms with Crippen LogP contribution in [0.5, 0.6) is 0 Å². The molecule has 1 aromatic heterocycles. The Morgan fingerprint density at radius 1 is 1.09 bits per heavy atom. The highest BCUT2D eigenvalue weighted by molar-refractivity contribution is 7.89. The summed E-state index contributed by atoms with van der Waals surface area (Å²) in [5.41, 5.74) is 0.615. The minimum atomic E-state index is -3.69. The predicted octanol–water partition coefficient (Wildman–Crippen LogP) is 4.02. The first-order valence-electron chi connectivity index (χ1n) is 6.74. The first-order valence-corrected chi connectivity index (χ1v) is 8.97. The van der Waals surface area contributed by atoms with E-state index < -0.39 is 10.0 Å². The maximum Gasteiger partial charge on any atom is 0.241 e. The Morgan fingerprint density at radius 2 is 1.91 bits per heavy atom. The van der Waals surface area contributed by atoms with Crippen LogP contribution in [0.25, 0.3) is 10.8 Å². The summed E-state index contributed by atoms with van der Waals surface area (Å²) in [6.45, 7) is 0.0587. The normalized spacial score (nSPS) is 11.7. The van der Waals surface area contributed by atoms with Gasteiger partial charge >= 0.3 is 0 Å². The summed E-state index contributed by atoms with van der Waals surface area (Å²) in [5, 5.41) is 2.34. The van der Waals surface area contributed by atoms with Crippen LogP contribution in [0, 0.1) is 0 Å². The molecule has 0 bridgehead atoms. The molecule has 0 saturated carbocycles. The lowest BCUT2D eigenvalue weighted by Crippen LogP contribution is -2.23. The molecule has 0 aliphatic heterocycles. The second-order valence-electron chi connectivity index (χ2n) is 4.91. The van der Waals surface area contributed by atoms with Gasteiger partial charge in [-0.2, -0.15) is 0 Å². The standard InChI is InChI=1S/C16H12Cl2N2O2S/c17-13-4-5-15(18)12(8-13)10-20-23(21,22)16-3-1-2-11-9-19-7-6-14(11)16/h1-9,20H,10H2. The Labute approximate surface area is 144 Å². The molecule has 4 nitrogen and oxygen atoms in total. The molecule has 0 spiro atoms. The number of benzene rings is 2. The summed E-state index contributed by atoms with van der Waals surface area (Å²) < 4.78 is 27.8. The number of nitrogens with zero attached hydrogens (tertiary/aromatic N) is 1. The second-order valence-corrected chi connectivity index (χ2v) is 7.49. The highest BCUT2D eigenvalue weighted by atomic mass is 35.5. The van der Waals surface area contributed by atoms with E-state index in [1.807, 2.05) is 6.07 Å². The Bertz CT molecular complexity index is 969. The van der Waals surface area contributed by atoms with Gasteiger partial charge in [0.15, 0.2) is 0 Å². The van der Waals surface area contributed by atoms with Crippen LogP contribution in [0.15, 0.2) is 59.8 Å². The van der Waals surface area contributed by atoms with Crippen molar-refractivity contribution in [1.29, 1.82) is 0 Å². The van der Waals surface area contributed by atoms with Gasteiger partial charge in [-0.05, 0) is 35.9 Å². The Kier molecular flexibility index (Phi) is 4.55. The van der Waals surface area contributed by atoms with E-state index in [0.717, 1.165) is 5.39 Å². The average Bonchev–Trinajstić information content (AvgIpc) is 2.55. The van der Waals surface area contributed by atoms with E-state index in [9.17, 15) is 8.42 Å². The van der Waals surface area contributed by atoms with Gasteiger partial charge in [-0.15, -0.1) is 0 Å². The molecule has 1 heterocycles. The fourth-order valence-corrected chi connectivity index (χ4v) is 3.87. The highest BCUT2D eigenvalue weighted by Gasteiger charge is 2.17. The monoisotopic (exact) mass is 366 g/mol. The molecule has 118 valence electrons. The van der Waals surface area contributed by atoms with Crippen molar-refractivity contribution < 1.29 is 8.42 Å². The van der Waals surface area contributed by atoms with Gasteiger partial charge in [0, 0.05) is 39.8 Å². The van der Waals surface area contributed by atoms with Crippen molar-refractivity contribution in [3.05, 3.63) is 70.5 Å². The topological polar surface area (TPSA) is 59.1 Å². The highest BCUT2D eigenvalue weighted by Crippen LogP contribution is 2.24. The second kappa shape index (κ2) is 6.45. The number of rotatable bonds is 4. The average molecular weight is 367 g/mol. The summed E-state index contributed by atoms with van der Waals surface area (Å²) in [6, 6.07) is 11.7. The van der Waals surface area contributed by atoms with Crippen molar-refractivity contribution in [2.24, 2.45) is 0 Å². The van der Waals surface area contributed by atoms with Crippen LogP contribution in [0.1, 0.15) is 5.56 Å². The Balaban J connectivity index is 1.94. The summed E-state index contributed by atoms with van der Waals surface area (Å²) in [6.07, 6.45) is 3.19. The fourth-order valence-electron chi connectivity index (χ4n) is 2.26. The maximum atomic E-state index is 12.6. The number of hydrogen-bond donors (Lipinski definition) is 1. The number of fused-ring (bicyclic) bond motifs is 1. The minimum Gasteiger partial charge on any atom is -0.264 e. The fraction of sp³-hybridized carbons (Fsp3) is 0.0625. The van der Waals surface area contributed by atoms with E-state index in [2.05, 4.69) is 9.71 Å². The van der Waals surface area contributed by atoms with Gasteiger partial charge in [0.25, 0.3) is 0 Å². The number of aromatic nitrogens is 1. The zero-order valence-electron chi connectivity index (χ0n) is 11.8. The molecule has 3 rings (SSSR count). The zero-order chi connectivity index (χ0) is 16.4. The molecular weight excluding hydrogens is 355 g/mol. The van der Waals surface area contributed by atoms with E-state index in [0.29, 0.717) is 21.0 Å². The molecule has 0 aliphatic rings. The molecule has 2 aromatic carbocycles. The lowest BCUT2D eigenvalue weighted by Gasteiger charge is -2.10. The molecule has 0 aliphatic carbocycles. The first-order chi connectivity index (χ1) is 11.0. The van der Waals surface area contributed by atoms with Crippen molar-refractivity contribution >= 4 is 44.0 Å². The van der Waals surface area contributed by atoms with Crippen LogP contribution in [0.3, 0.4) is 0 Å². The van der Waals surface area contributed by atoms with Gasteiger partial charge in [-0.25, -0.2) is 13.1 Å². The van der Waals surface area contributed by atoms with Gasteiger partial charge in [-0.1, -0.05) is 35.3 Å². The van der Waals surface area contributed by atoms with E-state index >= 15 is 0 Å². The molecule has 0 fully saturated rings. The quantitative estimate of drug-likeness (QED) is 0.758. The lowest BCUT2D eigenvalue weighted by atomic mass is 10.2. The van der Waals surface area contributed by atoms with Crippen molar-refractivity contribution in [2.75, 3.05) is 0 Å². The molecule has 7 heteroatoms. The molecular formula is C16H12Cl2N2O2S. The number of hydrogen-bond acceptors (Lipinski definition) is 3. The number of sulfonamides is 1. The zero-order valence-corrected chi connectivity index (χ0v) is 14.2. The van der Waals surface area contributed by atoms with Crippen LogP contribution < -0.4 is 4.72 Å². The molecule has 23 heavy (non-hydrogen) atoms. The Morgan fingerprint density at radius 3 is 2.74 bits per heavy atom. The molecule has 1 N–H and O–H groups in total.